The van der Waals surface area contributed by atoms with Gasteiger partial charge in [0.15, 0.2) is 6.73 Å². The number of likely N-dealkylation sites (tertiary alicyclic amines) is 1. The molecule has 37 heavy (non-hydrogen) atoms. The molecular formula is C27H30N4O6. The standard InChI is InChI=1S/C27H30N4O6/c1-27(2,3)25(35)37-16-31-22(32)12-11-21(24(31)34)30-15-18-13-17(9-10-20(18)23(30)33)14-28-26(36)29-19-7-5-4-6-8-19/h4-10,13,21H,11-12,14-16H2,1-3H3,(H2,28,29,36). The first kappa shape index (κ1) is 25.9. The molecule has 2 aliphatic heterocycles. The second-order valence-electron chi connectivity index (χ2n) is 10.1. The fourth-order valence-electron chi connectivity index (χ4n) is 4.22. The van der Waals surface area contributed by atoms with E-state index in [1.165, 1.54) is 4.90 Å². The maximum Gasteiger partial charge on any atom is 0.319 e. The van der Waals surface area contributed by atoms with Crippen molar-refractivity contribution in [3.63, 3.8) is 0 Å². The fourth-order valence-corrected chi connectivity index (χ4v) is 4.22. The summed E-state index contributed by atoms with van der Waals surface area (Å²) in [6.07, 6.45) is 0.268. The molecule has 4 rings (SSSR count). The Kier molecular flexibility index (Phi) is 7.28. The van der Waals surface area contributed by atoms with Gasteiger partial charge in [0.1, 0.15) is 6.04 Å². The summed E-state index contributed by atoms with van der Waals surface area (Å²) in [4.78, 5) is 65.3. The van der Waals surface area contributed by atoms with E-state index in [0.29, 0.717) is 11.3 Å². The first-order chi connectivity index (χ1) is 17.5. The highest BCUT2D eigenvalue weighted by atomic mass is 16.5. The number of nitrogens with one attached hydrogen (secondary N) is 2. The molecule has 0 aliphatic carbocycles. The third kappa shape index (κ3) is 5.79. The number of carbonyl (C=O) groups excluding carboxylic acids is 5. The van der Waals surface area contributed by atoms with Gasteiger partial charge in [-0.05, 0) is 56.5 Å². The molecule has 0 radical (unpaired) electrons. The summed E-state index contributed by atoms with van der Waals surface area (Å²) in [6.45, 7) is 5.02. The Labute approximate surface area is 214 Å². The number of hydrogen-bond donors (Lipinski definition) is 2. The van der Waals surface area contributed by atoms with Crippen molar-refractivity contribution in [1.82, 2.24) is 15.1 Å². The first-order valence-electron chi connectivity index (χ1n) is 12.1. The Balaban J connectivity index is 1.38. The van der Waals surface area contributed by atoms with Crippen LogP contribution in [0.1, 0.15) is 55.1 Å². The van der Waals surface area contributed by atoms with Gasteiger partial charge < -0.3 is 20.3 Å². The van der Waals surface area contributed by atoms with Gasteiger partial charge in [-0.1, -0.05) is 30.3 Å². The number of urea groups is 1. The van der Waals surface area contributed by atoms with Crippen molar-refractivity contribution < 1.29 is 28.7 Å². The normalized spacial score (nSPS) is 17.5. The number of nitrogens with zero attached hydrogens (tertiary/aromatic N) is 2. The molecule has 1 saturated heterocycles. The second kappa shape index (κ2) is 10.4. The lowest BCUT2D eigenvalue weighted by Gasteiger charge is -2.35. The maximum absolute atomic E-state index is 13.1. The van der Waals surface area contributed by atoms with Gasteiger partial charge in [-0.25, -0.2) is 9.69 Å². The highest BCUT2D eigenvalue weighted by molar-refractivity contribution is 6.05. The Morgan fingerprint density at radius 1 is 1.05 bits per heavy atom. The highest BCUT2D eigenvalue weighted by Crippen LogP contribution is 2.30. The summed E-state index contributed by atoms with van der Waals surface area (Å²) < 4.78 is 5.19. The van der Waals surface area contributed by atoms with Crippen LogP contribution in [0.2, 0.25) is 0 Å². The zero-order valence-electron chi connectivity index (χ0n) is 21.1. The van der Waals surface area contributed by atoms with Gasteiger partial charge in [-0.15, -0.1) is 0 Å². The lowest BCUT2D eigenvalue weighted by molar-refractivity contribution is -0.168. The van der Waals surface area contributed by atoms with Crippen LogP contribution in [-0.4, -0.2) is 52.3 Å². The smallest absolute Gasteiger partial charge is 0.319 e. The van der Waals surface area contributed by atoms with Crippen molar-refractivity contribution in [2.75, 3.05) is 12.0 Å². The molecule has 0 saturated carbocycles. The molecular weight excluding hydrogens is 476 g/mol. The van der Waals surface area contributed by atoms with Gasteiger partial charge in [-0.3, -0.25) is 19.2 Å². The SMILES string of the molecule is CC(C)(C)C(=O)OCN1C(=O)CCC(N2Cc3cc(CNC(=O)Nc4ccccc4)ccc3C2=O)C1=O. The number of anilines is 1. The predicted molar refractivity (Wildman–Crippen MR) is 134 cm³/mol. The van der Waals surface area contributed by atoms with Crippen molar-refractivity contribution in [2.24, 2.45) is 5.41 Å². The monoisotopic (exact) mass is 506 g/mol. The van der Waals surface area contributed by atoms with E-state index in [0.717, 1.165) is 16.0 Å². The number of hydrogen-bond acceptors (Lipinski definition) is 6. The average Bonchev–Trinajstić information content (AvgIpc) is 3.18. The minimum atomic E-state index is -0.829. The number of ether oxygens (including phenoxy) is 1. The molecule has 2 heterocycles. The molecule has 1 unspecified atom stereocenters. The zero-order chi connectivity index (χ0) is 26.7. The van der Waals surface area contributed by atoms with Gasteiger partial charge in [0, 0.05) is 30.8 Å². The maximum atomic E-state index is 13.1. The number of benzene rings is 2. The topological polar surface area (TPSA) is 125 Å². The van der Waals surface area contributed by atoms with Crippen LogP contribution in [-0.2, 0) is 32.2 Å². The van der Waals surface area contributed by atoms with Crippen LogP contribution in [0.4, 0.5) is 10.5 Å². The van der Waals surface area contributed by atoms with E-state index in [1.807, 2.05) is 24.3 Å². The molecule has 2 N–H and O–H groups in total. The van der Waals surface area contributed by atoms with E-state index in [1.54, 1.807) is 45.0 Å². The van der Waals surface area contributed by atoms with Gasteiger partial charge in [0.25, 0.3) is 11.8 Å². The molecule has 0 aromatic heterocycles. The minimum Gasteiger partial charge on any atom is -0.443 e. The second-order valence-corrected chi connectivity index (χ2v) is 10.1. The highest BCUT2D eigenvalue weighted by Gasteiger charge is 2.43. The Morgan fingerprint density at radius 3 is 2.49 bits per heavy atom. The van der Waals surface area contributed by atoms with E-state index >= 15 is 0 Å². The molecule has 2 aliphatic rings. The summed E-state index contributed by atoms with van der Waals surface area (Å²) >= 11 is 0. The number of rotatable bonds is 6. The number of piperidine rings is 1. The molecule has 0 bridgehead atoms. The van der Waals surface area contributed by atoms with Crippen molar-refractivity contribution in [1.29, 1.82) is 0 Å². The van der Waals surface area contributed by atoms with E-state index in [9.17, 15) is 24.0 Å². The third-order valence-electron chi connectivity index (χ3n) is 6.28. The lowest BCUT2D eigenvalue weighted by atomic mass is 9.97. The predicted octanol–water partition coefficient (Wildman–Crippen LogP) is 3.03. The molecule has 10 heteroatoms. The van der Waals surface area contributed by atoms with Crippen molar-refractivity contribution in [2.45, 2.75) is 52.7 Å². The van der Waals surface area contributed by atoms with Crippen LogP contribution >= 0.6 is 0 Å². The summed E-state index contributed by atoms with van der Waals surface area (Å²) in [5, 5.41) is 5.53. The van der Waals surface area contributed by atoms with Gasteiger partial charge in [0.2, 0.25) is 5.91 Å². The quantitative estimate of drug-likeness (QED) is 0.458. The Hall–Kier alpha value is -4.21. The van der Waals surface area contributed by atoms with Crippen molar-refractivity contribution in [3.05, 3.63) is 65.2 Å². The van der Waals surface area contributed by atoms with Crippen LogP contribution in [0.3, 0.4) is 0 Å². The summed E-state index contributed by atoms with van der Waals surface area (Å²) in [7, 11) is 0. The van der Waals surface area contributed by atoms with Gasteiger partial charge in [-0.2, -0.15) is 0 Å². The summed E-state index contributed by atoms with van der Waals surface area (Å²) in [5.74, 6) is -1.82. The van der Waals surface area contributed by atoms with E-state index < -0.39 is 36.0 Å². The summed E-state index contributed by atoms with van der Waals surface area (Å²) in [6, 6.07) is 13.2. The van der Waals surface area contributed by atoms with Gasteiger partial charge >= 0.3 is 12.0 Å². The van der Waals surface area contributed by atoms with Gasteiger partial charge in [0.05, 0.1) is 5.41 Å². The minimum absolute atomic E-state index is 0.0648. The van der Waals surface area contributed by atoms with E-state index in [2.05, 4.69) is 10.6 Å². The van der Waals surface area contributed by atoms with Crippen LogP contribution in [0.25, 0.3) is 0 Å². The van der Waals surface area contributed by atoms with Crippen LogP contribution in [0.15, 0.2) is 48.5 Å². The number of esters is 1. The number of imide groups is 1. The number of amides is 5. The number of fused-ring (bicyclic) bond motifs is 1. The van der Waals surface area contributed by atoms with Crippen molar-refractivity contribution >= 4 is 35.4 Å². The molecule has 2 aromatic rings. The lowest BCUT2D eigenvalue weighted by Crippen LogP contribution is -2.55. The molecule has 5 amide bonds. The van der Waals surface area contributed by atoms with Crippen LogP contribution in [0.5, 0.6) is 0 Å². The fraction of sp³-hybridized carbons (Fsp3) is 0.370. The number of carbonyl (C=O) groups is 5. The number of para-hydroxylation sites is 1. The Bertz CT molecular complexity index is 1240. The molecule has 2 aromatic carbocycles. The van der Waals surface area contributed by atoms with Crippen LogP contribution in [0, 0.1) is 5.41 Å². The average molecular weight is 507 g/mol. The Morgan fingerprint density at radius 2 is 1.78 bits per heavy atom. The van der Waals surface area contributed by atoms with E-state index in [-0.39, 0.29) is 37.9 Å². The summed E-state index contributed by atoms with van der Waals surface area (Å²) in [5.41, 5.74) is 1.92. The molecule has 194 valence electrons. The third-order valence-corrected chi connectivity index (χ3v) is 6.28. The molecule has 10 nitrogen and oxygen atoms in total. The molecule has 1 atom stereocenters. The molecule has 1 fully saturated rings. The molecule has 0 spiro atoms. The first-order valence-corrected chi connectivity index (χ1v) is 12.1. The van der Waals surface area contributed by atoms with E-state index in [4.69, 9.17) is 4.74 Å². The zero-order valence-corrected chi connectivity index (χ0v) is 21.1. The van der Waals surface area contributed by atoms with Crippen LogP contribution < -0.4 is 10.6 Å². The largest absolute Gasteiger partial charge is 0.443 e. The van der Waals surface area contributed by atoms with Crippen molar-refractivity contribution in [3.8, 4) is 0 Å².